The third-order valence-electron chi connectivity index (χ3n) is 3.37. The van der Waals surface area contributed by atoms with E-state index in [9.17, 15) is 4.79 Å². The molecule has 0 aromatic carbocycles. The topological polar surface area (TPSA) is 17.1 Å². The fourth-order valence-corrected chi connectivity index (χ4v) is 2.30. The van der Waals surface area contributed by atoms with Gasteiger partial charge in [-0.2, -0.15) is 0 Å². The zero-order chi connectivity index (χ0) is 12.0. The second kappa shape index (κ2) is 6.67. The van der Waals surface area contributed by atoms with Crippen LogP contribution in [0.25, 0.3) is 0 Å². The minimum absolute atomic E-state index is 0.231. The Bertz CT molecular complexity index is 286. The molecule has 1 heteroatoms. The second-order valence-corrected chi connectivity index (χ2v) is 5.02. The Hall–Kier alpha value is -0.850. The van der Waals surface area contributed by atoms with E-state index in [0.717, 1.165) is 44.1 Å². The van der Waals surface area contributed by atoms with Crippen molar-refractivity contribution in [2.24, 2.45) is 5.92 Å². The molecule has 90 valence electrons. The predicted molar refractivity (Wildman–Crippen MR) is 69.4 cm³/mol. The standard InChI is InChI=1S/C15H24O/c1-4-6-14-10-9-12(2)7-5-8-13(3)11-15(14)16/h9,14H,3-8,10-11H2,1-2H3/b12-9-. The van der Waals surface area contributed by atoms with Crippen molar-refractivity contribution < 1.29 is 4.79 Å². The number of hydrogen-bond donors (Lipinski definition) is 0. The van der Waals surface area contributed by atoms with Crippen LogP contribution in [-0.2, 0) is 4.79 Å². The minimum atomic E-state index is 0.231. The van der Waals surface area contributed by atoms with Crippen LogP contribution in [-0.4, -0.2) is 5.78 Å². The summed E-state index contributed by atoms with van der Waals surface area (Å²) < 4.78 is 0. The van der Waals surface area contributed by atoms with Crippen LogP contribution < -0.4 is 0 Å². The van der Waals surface area contributed by atoms with E-state index in [1.165, 1.54) is 5.57 Å². The maximum absolute atomic E-state index is 12.0. The highest BCUT2D eigenvalue weighted by Crippen LogP contribution is 2.23. The molecule has 16 heavy (non-hydrogen) atoms. The zero-order valence-electron chi connectivity index (χ0n) is 10.7. The summed E-state index contributed by atoms with van der Waals surface area (Å²) in [6.45, 7) is 8.35. The highest BCUT2D eigenvalue weighted by molar-refractivity contribution is 5.83. The molecule has 0 aromatic rings. The first-order valence-electron chi connectivity index (χ1n) is 6.48. The number of carbonyl (C=O) groups is 1. The molecule has 0 aromatic heterocycles. The van der Waals surface area contributed by atoms with Gasteiger partial charge in [0.2, 0.25) is 0 Å². The Labute approximate surface area is 99.6 Å². The average molecular weight is 220 g/mol. The molecule has 1 rings (SSSR count). The smallest absolute Gasteiger partial charge is 0.140 e. The molecule has 0 heterocycles. The largest absolute Gasteiger partial charge is 0.299 e. The number of rotatable bonds is 2. The molecule has 0 fully saturated rings. The fourth-order valence-electron chi connectivity index (χ4n) is 2.30. The monoisotopic (exact) mass is 220 g/mol. The summed E-state index contributed by atoms with van der Waals surface area (Å²) in [6, 6.07) is 0. The minimum Gasteiger partial charge on any atom is -0.299 e. The Kier molecular flexibility index (Phi) is 5.51. The van der Waals surface area contributed by atoms with Gasteiger partial charge in [-0.25, -0.2) is 0 Å². The molecule has 0 saturated heterocycles. The van der Waals surface area contributed by atoms with Crippen LogP contribution in [0, 0.1) is 5.92 Å². The molecule has 1 nitrogen and oxygen atoms in total. The van der Waals surface area contributed by atoms with Gasteiger partial charge in [-0.3, -0.25) is 4.79 Å². The number of carbonyl (C=O) groups excluding carboxylic acids is 1. The molecular weight excluding hydrogens is 196 g/mol. The van der Waals surface area contributed by atoms with Crippen LogP contribution in [0.1, 0.15) is 58.8 Å². The molecule has 0 radical (unpaired) electrons. The first-order valence-corrected chi connectivity index (χ1v) is 6.48. The van der Waals surface area contributed by atoms with E-state index in [-0.39, 0.29) is 5.92 Å². The quantitative estimate of drug-likeness (QED) is 0.629. The molecule has 1 aliphatic rings. The first kappa shape index (κ1) is 13.2. The van der Waals surface area contributed by atoms with Gasteiger partial charge in [0.05, 0.1) is 0 Å². The predicted octanol–water partition coefficient (Wildman–Crippen LogP) is 4.44. The summed E-state index contributed by atoms with van der Waals surface area (Å²) in [5.74, 6) is 0.632. The molecule has 0 saturated carbocycles. The van der Waals surface area contributed by atoms with E-state index in [1.54, 1.807) is 0 Å². The Morgan fingerprint density at radius 2 is 2.19 bits per heavy atom. The van der Waals surface area contributed by atoms with Crippen molar-refractivity contribution in [3.63, 3.8) is 0 Å². The van der Waals surface area contributed by atoms with Crippen LogP contribution >= 0.6 is 0 Å². The van der Waals surface area contributed by atoms with Crippen LogP contribution in [0.4, 0.5) is 0 Å². The third kappa shape index (κ3) is 4.34. The van der Waals surface area contributed by atoms with Crippen molar-refractivity contribution in [3.05, 3.63) is 23.8 Å². The van der Waals surface area contributed by atoms with Crippen molar-refractivity contribution in [1.29, 1.82) is 0 Å². The molecule has 1 aliphatic carbocycles. The van der Waals surface area contributed by atoms with E-state index in [1.807, 2.05) is 0 Å². The first-order chi connectivity index (χ1) is 7.63. The van der Waals surface area contributed by atoms with Crippen LogP contribution in [0.2, 0.25) is 0 Å². The van der Waals surface area contributed by atoms with Gasteiger partial charge < -0.3 is 0 Å². The lowest BCUT2D eigenvalue weighted by Crippen LogP contribution is -2.15. The maximum Gasteiger partial charge on any atom is 0.140 e. The SMILES string of the molecule is C=C1CCC/C(C)=C\CC(CCC)C(=O)C1. The summed E-state index contributed by atoms with van der Waals surface area (Å²) in [5.41, 5.74) is 2.56. The van der Waals surface area contributed by atoms with Gasteiger partial charge in [0.15, 0.2) is 0 Å². The normalized spacial score (nSPS) is 27.4. The number of ketones is 1. The lowest BCUT2D eigenvalue weighted by molar-refractivity contribution is -0.122. The second-order valence-electron chi connectivity index (χ2n) is 5.02. The van der Waals surface area contributed by atoms with Gasteiger partial charge in [0.1, 0.15) is 5.78 Å². The Balaban J connectivity index is 2.72. The summed E-state index contributed by atoms with van der Waals surface area (Å²) >= 11 is 0. The Morgan fingerprint density at radius 1 is 1.44 bits per heavy atom. The number of allylic oxidation sites excluding steroid dienone is 3. The molecule has 0 amide bonds. The fraction of sp³-hybridized carbons (Fsp3) is 0.667. The zero-order valence-corrected chi connectivity index (χ0v) is 10.7. The van der Waals surface area contributed by atoms with E-state index >= 15 is 0 Å². The number of Topliss-reactive ketones (excluding diaryl/α,β-unsaturated/α-hetero) is 1. The van der Waals surface area contributed by atoms with Crippen molar-refractivity contribution in [2.75, 3.05) is 0 Å². The summed E-state index contributed by atoms with van der Waals surface area (Å²) in [5, 5.41) is 0. The maximum atomic E-state index is 12.0. The van der Waals surface area contributed by atoms with Crippen molar-refractivity contribution in [2.45, 2.75) is 58.8 Å². The number of hydrogen-bond acceptors (Lipinski definition) is 1. The lowest BCUT2D eigenvalue weighted by Gasteiger charge is -2.16. The van der Waals surface area contributed by atoms with Gasteiger partial charge in [-0.05, 0) is 39.0 Å². The highest BCUT2D eigenvalue weighted by atomic mass is 16.1. The Morgan fingerprint density at radius 3 is 2.88 bits per heavy atom. The van der Waals surface area contributed by atoms with Gasteiger partial charge in [0.25, 0.3) is 0 Å². The lowest BCUT2D eigenvalue weighted by atomic mass is 9.88. The van der Waals surface area contributed by atoms with E-state index in [2.05, 4.69) is 26.5 Å². The molecule has 1 atom stereocenters. The molecule has 0 N–H and O–H groups in total. The molecule has 0 spiro atoms. The van der Waals surface area contributed by atoms with Crippen LogP contribution in [0.3, 0.4) is 0 Å². The summed E-state index contributed by atoms with van der Waals surface area (Å²) in [7, 11) is 0. The van der Waals surface area contributed by atoms with Crippen LogP contribution in [0.5, 0.6) is 0 Å². The molecule has 0 bridgehead atoms. The van der Waals surface area contributed by atoms with E-state index < -0.39 is 0 Å². The highest BCUT2D eigenvalue weighted by Gasteiger charge is 2.17. The summed E-state index contributed by atoms with van der Waals surface area (Å²) in [4.78, 5) is 12.0. The molecule has 1 unspecified atom stereocenters. The van der Waals surface area contributed by atoms with Gasteiger partial charge >= 0.3 is 0 Å². The van der Waals surface area contributed by atoms with Gasteiger partial charge in [-0.1, -0.05) is 37.1 Å². The summed E-state index contributed by atoms with van der Waals surface area (Å²) in [6.07, 6.45) is 9.25. The third-order valence-corrected chi connectivity index (χ3v) is 3.37. The van der Waals surface area contributed by atoms with E-state index in [4.69, 9.17) is 0 Å². The van der Waals surface area contributed by atoms with E-state index in [0.29, 0.717) is 12.2 Å². The van der Waals surface area contributed by atoms with Crippen molar-refractivity contribution in [1.82, 2.24) is 0 Å². The van der Waals surface area contributed by atoms with Gasteiger partial charge in [-0.15, -0.1) is 0 Å². The average Bonchev–Trinajstić information content (AvgIpc) is 2.23. The van der Waals surface area contributed by atoms with Gasteiger partial charge in [0, 0.05) is 12.3 Å². The van der Waals surface area contributed by atoms with Crippen LogP contribution in [0.15, 0.2) is 23.8 Å². The van der Waals surface area contributed by atoms with Crippen molar-refractivity contribution >= 4 is 5.78 Å². The molecular formula is C15H24O. The molecule has 0 aliphatic heterocycles. The van der Waals surface area contributed by atoms with Crippen molar-refractivity contribution in [3.8, 4) is 0 Å².